The molecule has 7 nitrogen and oxygen atoms in total. The quantitative estimate of drug-likeness (QED) is 0.864. The Balaban J connectivity index is 1.82. The van der Waals surface area contributed by atoms with Crippen LogP contribution in [0.4, 0.5) is 0 Å². The molecule has 1 aromatic rings. The van der Waals surface area contributed by atoms with Gasteiger partial charge in [-0.05, 0) is 12.8 Å². The second-order valence-electron chi connectivity index (χ2n) is 5.22. The van der Waals surface area contributed by atoms with Crippen LogP contribution in [-0.4, -0.2) is 38.0 Å². The van der Waals surface area contributed by atoms with Gasteiger partial charge in [-0.1, -0.05) is 37.3 Å². The van der Waals surface area contributed by atoms with Gasteiger partial charge in [0.1, 0.15) is 6.54 Å². The van der Waals surface area contributed by atoms with Gasteiger partial charge in [-0.3, -0.25) is 4.79 Å². The van der Waals surface area contributed by atoms with Crippen LogP contribution in [0.25, 0.3) is 0 Å². The van der Waals surface area contributed by atoms with Crippen molar-refractivity contribution in [1.29, 1.82) is 0 Å². The fourth-order valence-corrected chi connectivity index (χ4v) is 2.49. The van der Waals surface area contributed by atoms with E-state index < -0.39 is 5.97 Å². The molecule has 1 aliphatic rings. The average molecular weight is 280 g/mol. The van der Waals surface area contributed by atoms with Gasteiger partial charge in [-0.2, -0.15) is 0 Å². The monoisotopic (exact) mass is 280 g/mol. The molecule has 0 spiro atoms. The van der Waals surface area contributed by atoms with Crippen LogP contribution in [0.1, 0.15) is 55.4 Å². The molecule has 0 saturated heterocycles. The number of amides is 1. The molecule has 0 aromatic carbocycles. The zero-order valence-corrected chi connectivity index (χ0v) is 11.4. The van der Waals surface area contributed by atoms with Crippen LogP contribution in [0, 0.1) is 0 Å². The van der Waals surface area contributed by atoms with Crippen molar-refractivity contribution in [3.63, 3.8) is 0 Å². The van der Waals surface area contributed by atoms with Crippen LogP contribution in [-0.2, 0) is 11.3 Å². The fraction of sp³-hybridized carbons (Fsp3) is 0.692. The number of aromatic carboxylic acids is 1. The van der Waals surface area contributed by atoms with E-state index in [2.05, 4.69) is 15.6 Å². The third-order valence-electron chi connectivity index (χ3n) is 3.53. The standard InChI is InChI=1S/C13H20N4O3/c18-12(9-17-8-11(13(19)20)15-16-17)14-10-6-4-2-1-3-5-7-10/h8,10H,1-7,9H2,(H,14,18)(H,19,20). The third kappa shape index (κ3) is 4.32. The van der Waals surface area contributed by atoms with Crippen molar-refractivity contribution in [2.45, 2.75) is 57.5 Å². The van der Waals surface area contributed by atoms with E-state index in [0.717, 1.165) is 25.7 Å². The van der Waals surface area contributed by atoms with E-state index in [1.165, 1.54) is 30.1 Å². The van der Waals surface area contributed by atoms with Crippen molar-refractivity contribution in [2.24, 2.45) is 0 Å². The Bertz CT molecular complexity index is 464. The van der Waals surface area contributed by atoms with E-state index in [0.29, 0.717) is 0 Å². The first-order chi connectivity index (χ1) is 9.65. The van der Waals surface area contributed by atoms with Crippen molar-refractivity contribution < 1.29 is 14.7 Å². The number of carbonyl (C=O) groups excluding carboxylic acids is 1. The van der Waals surface area contributed by atoms with Gasteiger partial charge in [0.05, 0.1) is 6.20 Å². The lowest BCUT2D eigenvalue weighted by atomic mass is 9.97. The fourth-order valence-electron chi connectivity index (χ4n) is 2.49. The topological polar surface area (TPSA) is 97.1 Å². The highest BCUT2D eigenvalue weighted by atomic mass is 16.4. The molecule has 1 saturated carbocycles. The molecule has 2 N–H and O–H groups in total. The number of carboxylic acids is 1. The summed E-state index contributed by atoms with van der Waals surface area (Å²) in [7, 11) is 0. The molecular weight excluding hydrogens is 260 g/mol. The first kappa shape index (κ1) is 14.5. The number of nitrogens with zero attached hydrogens (tertiary/aromatic N) is 3. The maximum Gasteiger partial charge on any atom is 0.358 e. The Morgan fingerprint density at radius 1 is 1.25 bits per heavy atom. The number of hydrogen-bond donors (Lipinski definition) is 2. The Kier molecular flexibility index (Phi) is 5.09. The van der Waals surface area contributed by atoms with Gasteiger partial charge >= 0.3 is 5.97 Å². The minimum Gasteiger partial charge on any atom is -0.476 e. The van der Waals surface area contributed by atoms with Gasteiger partial charge in [-0.15, -0.1) is 5.10 Å². The van der Waals surface area contributed by atoms with Crippen LogP contribution >= 0.6 is 0 Å². The summed E-state index contributed by atoms with van der Waals surface area (Å²) in [5.41, 5.74) is -0.149. The Morgan fingerprint density at radius 3 is 2.50 bits per heavy atom. The van der Waals surface area contributed by atoms with Crippen molar-refractivity contribution in [3.8, 4) is 0 Å². The average Bonchev–Trinajstić information content (AvgIpc) is 2.81. The number of nitrogens with one attached hydrogen (secondary N) is 1. The predicted octanol–water partition coefficient (Wildman–Crippen LogP) is 1.21. The van der Waals surface area contributed by atoms with Crippen molar-refractivity contribution in [2.75, 3.05) is 0 Å². The number of carbonyl (C=O) groups is 2. The minimum absolute atomic E-state index is 0.0107. The van der Waals surface area contributed by atoms with Crippen LogP contribution in [0.15, 0.2) is 6.20 Å². The third-order valence-corrected chi connectivity index (χ3v) is 3.53. The zero-order chi connectivity index (χ0) is 14.4. The van der Waals surface area contributed by atoms with Crippen LogP contribution in [0.5, 0.6) is 0 Å². The van der Waals surface area contributed by atoms with E-state index >= 15 is 0 Å². The number of hydrogen-bond acceptors (Lipinski definition) is 4. The normalized spacial score (nSPS) is 17.2. The molecule has 110 valence electrons. The summed E-state index contributed by atoms with van der Waals surface area (Å²) in [6.45, 7) is 0.0107. The lowest BCUT2D eigenvalue weighted by molar-refractivity contribution is -0.122. The van der Waals surface area contributed by atoms with Gasteiger partial charge in [-0.25, -0.2) is 9.48 Å². The van der Waals surface area contributed by atoms with Gasteiger partial charge < -0.3 is 10.4 Å². The van der Waals surface area contributed by atoms with Gasteiger partial charge in [0.15, 0.2) is 5.69 Å². The second kappa shape index (κ2) is 7.02. The summed E-state index contributed by atoms with van der Waals surface area (Å²) in [5.74, 6) is -1.28. The summed E-state index contributed by atoms with van der Waals surface area (Å²) < 4.78 is 1.25. The first-order valence-electron chi connectivity index (χ1n) is 7.08. The number of aromatic nitrogens is 3. The van der Waals surface area contributed by atoms with Gasteiger partial charge in [0.2, 0.25) is 5.91 Å². The first-order valence-corrected chi connectivity index (χ1v) is 7.08. The highest BCUT2D eigenvalue weighted by Crippen LogP contribution is 2.16. The molecule has 1 aromatic heterocycles. The summed E-state index contributed by atoms with van der Waals surface area (Å²) >= 11 is 0. The van der Waals surface area contributed by atoms with Crippen LogP contribution in [0.3, 0.4) is 0 Å². The van der Waals surface area contributed by atoms with E-state index in [1.807, 2.05) is 0 Å². The van der Waals surface area contributed by atoms with Gasteiger partial charge in [0, 0.05) is 6.04 Å². The summed E-state index contributed by atoms with van der Waals surface area (Å²) in [4.78, 5) is 22.6. The highest BCUT2D eigenvalue weighted by molar-refractivity contribution is 5.84. The van der Waals surface area contributed by atoms with Crippen molar-refractivity contribution in [3.05, 3.63) is 11.9 Å². The maximum atomic E-state index is 11.9. The molecule has 1 aliphatic carbocycles. The van der Waals surface area contributed by atoms with Crippen LogP contribution in [0.2, 0.25) is 0 Å². The van der Waals surface area contributed by atoms with E-state index in [9.17, 15) is 9.59 Å². The summed E-state index contributed by atoms with van der Waals surface area (Å²) in [6, 6.07) is 0.227. The molecule has 0 aliphatic heterocycles. The molecule has 1 heterocycles. The molecule has 20 heavy (non-hydrogen) atoms. The molecule has 1 amide bonds. The maximum absolute atomic E-state index is 11.9. The van der Waals surface area contributed by atoms with E-state index in [4.69, 9.17) is 5.11 Å². The molecule has 2 rings (SSSR count). The molecule has 0 radical (unpaired) electrons. The lowest BCUT2D eigenvalue weighted by Gasteiger charge is -2.20. The molecule has 0 unspecified atom stereocenters. The lowest BCUT2D eigenvalue weighted by Crippen LogP contribution is -2.37. The largest absolute Gasteiger partial charge is 0.476 e. The van der Waals surface area contributed by atoms with Crippen molar-refractivity contribution >= 4 is 11.9 Å². The smallest absolute Gasteiger partial charge is 0.358 e. The summed E-state index contributed by atoms with van der Waals surface area (Å²) in [6.07, 6.45) is 9.36. The summed E-state index contributed by atoms with van der Waals surface area (Å²) in [5, 5.41) is 18.8. The molecule has 7 heteroatoms. The molecule has 0 atom stereocenters. The van der Waals surface area contributed by atoms with Gasteiger partial charge in [0.25, 0.3) is 0 Å². The van der Waals surface area contributed by atoms with E-state index in [-0.39, 0.29) is 24.2 Å². The highest BCUT2D eigenvalue weighted by Gasteiger charge is 2.15. The minimum atomic E-state index is -1.14. The molecular formula is C13H20N4O3. The predicted molar refractivity (Wildman–Crippen MR) is 71.2 cm³/mol. The van der Waals surface area contributed by atoms with E-state index in [1.54, 1.807) is 0 Å². The Labute approximate surface area is 117 Å². The number of rotatable bonds is 4. The van der Waals surface area contributed by atoms with Crippen LogP contribution < -0.4 is 5.32 Å². The second-order valence-corrected chi connectivity index (χ2v) is 5.22. The Hall–Kier alpha value is -1.92. The molecule has 0 bridgehead atoms. The zero-order valence-electron chi connectivity index (χ0n) is 11.4. The number of carboxylic acid groups (broad SMARTS) is 1. The van der Waals surface area contributed by atoms with Crippen molar-refractivity contribution in [1.82, 2.24) is 20.3 Å². The Morgan fingerprint density at radius 2 is 1.90 bits per heavy atom. The SMILES string of the molecule is O=C(Cn1cc(C(=O)O)nn1)NC1CCCCCCC1. The molecule has 1 fully saturated rings.